The number of aromatic nitrogens is 10. The number of nitrogens with two attached hydrogens (primary N) is 5. The van der Waals surface area contributed by atoms with Crippen LogP contribution in [0, 0.1) is 6.92 Å². The lowest BCUT2D eigenvalue weighted by molar-refractivity contribution is -0.274. The minimum atomic E-state index is -4.76. The Hall–Kier alpha value is -16.8. The van der Waals surface area contributed by atoms with E-state index in [1.54, 1.807) is 93.1 Å². The molecule has 620 valence electrons. The highest BCUT2D eigenvalue weighted by Crippen LogP contribution is 2.44. The molecule has 127 heavy (non-hydrogen) atoms. The molecule has 10 aromatic heterocycles. The predicted octanol–water partition coefficient (Wildman–Crippen LogP) is 24.5. The Morgan fingerprint density at radius 1 is 0.283 bits per heavy atom. The third-order valence-corrected chi connectivity index (χ3v) is 21.9. The first kappa shape index (κ1) is 82.5. The van der Waals surface area contributed by atoms with Crippen LogP contribution in [0.25, 0.3) is 166 Å². The molecular formula is C106H82F3N15O3. The number of halogens is 3. The number of benzene rings is 10. The van der Waals surface area contributed by atoms with Crippen molar-refractivity contribution in [2.45, 2.75) is 32.0 Å². The summed E-state index contributed by atoms with van der Waals surface area (Å²) in [5, 5.41) is 14.4. The Kier molecular flexibility index (Phi) is 23.9. The lowest BCUT2D eigenvalue weighted by atomic mass is 9.96. The molecule has 10 heterocycles. The molecule has 0 bridgehead atoms. The minimum absolute atomic E-state index is 0.219. The van der Waals surface area contributed by atoms with Crippen molar-refractivity contribution in [1.29, 1.82) is 0 Å². The Morgan fingerprint density at radius 2 is 0.591 bits per heavy atom. The molecule has 0 radical (unpaired) electrons. The topological polar surface area (TPSA) is 298 Å². The van der Waals surface area contributed by atoms with E-state index >= 15 is 0 Å². The number of aryl methyl sites for hydroxylation is 1. The van der Waals surface area contributed by atoms with E-state index in [0.29, 0.717) is 22.6 Å². The first-order valence-electron chi connectivity index (χ1n) is 40.9. The van der Waals surface area contributed by atoms with E-state index in [2.05, 4.69) is 148 Å². The molecule has 21 rings (SSSR count). The summed E-state index contributed by atoms with van der Waals surface area (Å²) in [6.45, 7) is 2.11. The number of pyridine rings is 10. The van der Waals surface area contributed by atoms with E-state index in [1.807, 2.05) is 170 Å². The van der Waals surface area contributed by atoms with Gasteiger partial charge in [-0.3, -0.25) is 49.8 Å². The Morgan fingerprint density at radius 3 is 0.937 bits per heavy atom. The van der Waals surface area contributed by atoms with Gasteiger partial charge in [0.15, 0.2) is 0 Å². The number of methoxy groups -OCH3 is 1. The largest absolute Gasteiger partial charge is 0.573 e. The van der Waals surface area contributed by atoms with E-state index in [-0.39, 0.29) is 11.5 Å². The number of aromatic hydroxyl groups is 1. The first-order valence-corrected chi connectivity index (χ1v) is 40.9. The second-order valence-corrected chi connectivity index (χ2v) is 30.2. The van der Waals surface area contributed by atoms with Gasteiger partial charge in [0.25, 0.3) is 0 Å². The van der Waals surface area contributed by atoms with Crippen molar-refractivity contribution in [2.75, 3.05) is 35.8 Å². The molecule has 0 saturated heterocycles. The van der Waals surface area contributed by atoms with Gasteiger partial charge in [-0.05, 0) is 228 Å². The summed E-state index contributed by atoms with van der Waals surface area (Å²) in [6, 6.07) is 96.8. The van der Waals surface area contributed by atoms with Crippen LogP contribution in [-0.4, -0.2) is 68.4 Å². The van der Waals surface area contributed by atoms with Crippen molar-refractivity contribution in [2.24, 2.45) is 0 Å². The first-order chi connectivity index (χ1) is 61.9. The maximum atomic E-state index is 12.6. The molecule has 1 aliphatic rings. The van der Waals surface area contributed by atoms with Gasteiger partial charge >= 0.3 is 6.36 Å². The number of ether oxygens (including phenoxy) is 2. The molecule has 1 saturated carbocycles. The molecule has 1 fully saturated rings. The normalized spacial score (nSPS) is 11.6. The second-order valence-electron chi connectivity index (χ2n) is 30.2. The summed E-state index contributed by atoms with van der Waals surface area (Å²) >= 11 is 0. The van der Waals surface area contributed by atoms with Crippen LogP contribution in [0.15, 0.2) is 365 Å². The number of phenolic OH excluding ortho intramolecular Hbond substituents is 1. The molecule has 10 aromatic carbocycles. The molecular weight excluding hydrogens is 1590 g/mol. The molecule has 18 nitrogen and oxygen atoms in total. The highest BCUT2D eigenvalue weighted by atomic mass is 19.4. The SMILES string of the molecule is COc1cccc(-c2ncccc2-c2ccc3nccc(N)c3c2)c1.Cc1ccccc1-c1ncccc1-c1ccc2nccc(N)c2c1.Nc1ccnc2ccc(-c3cccnc3-c3cccc(C4CC4)c3)cc12.Nc1ccnc2ccc(-c3cccnc3-c3cccc(O)c3)cc12.Nc1ccnc2ccc(-c3cccnc3-c3cccc(OC(F)(F)F)c3)cc12. The van der Waals surface area contributed by atoms with E-state index in [4.69, 9.17) is 38.4 Å². The van der Waals surface area contributed by atoms with Gasteiger partial charge in [0, 0.05) is 173 Å². The number of alkyl halides is 3. The van der Waals surface area contributed by atoms with Crippen molar-refractivity contribution in [3.63, 3.8) is 0 Å². The average Bonchev–Trinajstić information content (AvgIpc) is 1.38. The molecule has 0 atom stereocenters. The number of hydrogen-bond acceptors (Lipinski definition) is 18. The number of nitrogens with zero attached hydrogens (tertiary/aromatic N) is 10. The molecule has 0 aliphatic heterocycles. The van der Waals surface area contributed by atoms with Crippen molar-refractivity contribution < 1.29 is 27.8 Å². The van der Waals surface area contributed by atoms with Crippen molar-refractivity contribution >= 4 is 83.0 Å². The zero-order chi connectivity index (χ0) is 87.5. The maximum Gasteiger partial charge on any atom is 0.573 e. The molecule has 21 heteroatoms. The number of rotatable bonds is 13. The van der Waals surface area contributed by atoms with E-state index in [9.17, 15) is 18.3 Å². The van der Waals surface area contributed by atoms with Crippen LogP contribution in [0.1, 0.15) is 29.9 Å². The highest BCUT2D eigenvalue weighted by molar-refractivity contribution is 6.00. The summed E-state index contributed by atoms with van der Waals surface area (Å²) in [4.78, 5) is 44.6. The predicted molar refractivity (Wildman–Crippen MR) is 506 cm³/mol. The van der Waals surface area contributed by atoms with Crippen LogP contribution in [0.2, 0.25) is 0 Å². The van der Waals surface area contributed by atoms with Crippen LogP contribution in [0.5, 0.6) is 17.2 Å². The lowest BCUT2D eigenvalue weighted by Gasteiger charge is -2.13. The van der Waals surface area contributed by atoms with Crippen LogP contribution in [-0.2, 0) is 0 Å². The quantitative estimate of drug-likeness (QED) is 0.0625. The molecule has 0 spiro atoms. The summed E-state index contributed by atoms with van der Waals surface area (Å²) in [7, 11) is 1.66. The van der Waals surface area contributed by atoms with Crippen molar-refractivity contribution in [3.8, 4) is 129 Å². The van der Waals surface area contributed by atoms with E-state index in [1.165, 1.54) is 47.7 Å². The van der Waals surface area contributed by atoms with E-state index < -0.39 is 6.36 Å². The van der Waals surface area contributed by atoms with Crippen LogP contribution >= 0.6 is 0 Å². The number of nitrogen functional groups attached to an aromatic ring is 5. The number of phenols is 1. The van der Waals surface area contributed by atoms with Gasteiger partial charge in [-0.25, -0.2) is 0 Å². The fraction of sp³-hybridized carbons (Fsp3) is 0.0566. The number of anilines is 5. The van der Waals surface area contributed by atoms with Gasteiger partial charge in [0.05, 0.1) is 63.2 Å². The average molecular weight is 1670 g/mol. The van der Waals surface area contributed by atoms with Crippen molar-refractivity contribution in [1.82, 2.24) is 49.8 Å². The Labute approximate surface area is 729 Å². The maximum absolute atomic E-state index is 12.6. The molecule has 0 unspecified atom stereocenters. The minimum Gasteiger partial charge on any atom is -0.508 e. The van der Waals surface area contributed by atoms with Crippen LogP contribution in [0.4, 0.5) is 41.6 Å². The smallest absolute Gasteiger partial charge is 0.508 e. The number of fused-ring (bicyclic) bond motifs is 5. The second kappa shape index (κ2) is 36.9. The molecule has 0 amide bonds. The standard InChI is InChI=1S/C23H19N3.C21H14F3N3O.C21H17N3O.C21H17N3.C20H15N3O/c24-21-10-12-25-22-9-8-17(14-20(21)22)19-5-2-11-26-23(19)18-4-1-3-16(13-18)15-6-7-15;22-21(23,24)28-15-4-1-3-14(11-15)20-16(5-2-9-27-20)13-6-7-19-17(12-13)18(25)8-10-26-19;1-25-16-5-2-4-15(12-16)21-17(6-3-10-24-21)14-7-8-20-18(13-14)19(22)9-11-23-20;1-14-5-2-3-6-16(14)21-17(7-4-11-24-21)15-8-9-20-18(13-15)19(22)10-12-23-20;21-18-8-10-22-19-7-6-13(12-17(18)19)16-5-2-9-23-20(16)14-3-1-4-15(24)11-14/h1-5,8-15H,6-7H2,(H2,24,25);1-12H,(H2,25,26);2-13H,1H3,(H2,22,23);2-13H,1H3,(H2,22,23);1-12,24H,(H2,21,22). The number of hydrogen-bond donors (Lipinski definition) is 6. The Bertz CT molecular complexity index is 7460. The van der Waals surface area contributed by atoms with Gasteiger partial charge in [-0.15, -0.1) is 13.2 Å². The summed E-state index contributed by atoms with van der Waals surface area (Å²) < 4.78 is 47.0. The van der Waals surface area contributed by atoms with Gasteiger partial charge in [0.2, 0.25) is 0 Å². The highest BCUT2D eigenvalue weighted by Gasteiger charge is 2.31. The fourth-order valence-electron chi connectivity index (χ4n) is 15.5. The molecule has 1 aliphatic carbocycles. The van der Waals surface area contributed by atoms with Gasteiger partial charge in [-0.1, -0.05) is 140 Å². The summed E-state index contributed by atoms with van der Waals surface area (Å²) in [6.07, 6.45) is 15.2. The van der Waals surface area contributed by atoms with Crippen LogP contribution in [0.3, 0.4) is 0 Å². The fourth-order valence-corrected chi connectivity index (χ4v) is 15.5. The van der Waals surface area contributed by atoms with Crippen molar-refractivity contribution in [3.05, 3.63) is 376 Å². The van der Waals surface area contributed by atoms with Gasteiger partial charge in [0.1, 0.15) is 17.2 Å². The third-order valence-electron chi connectivity index (χ3n) is 21.9. The monoisotopic (exact) mass is 1670 g/mol. The third kappa shape index (κ3) is 18.8. The molecule has 11 N–H and O–H groups in total. The zero-order valence-corrected chi connectivity index (χ0v) is 68.9. The van der Waals surface area contributed by atoms with Gasteiger partial charge in [-0.2, -0.15) is 0 Å². The zero-order valence-electron chi connectivity index (χ0n) is 68.9. The Balaban J connectivity index is 0.000000112. The van der Waals surface area contributed by atoms with E-state index in [0.717, 1.165) is 178 Å². The lowest BCUT2D eigenvalue weighted by Crippen LogP contribution is -2.17. The van der Waals surface area contributed by atoms with Gasteiger partial charge < -0.3 is 43.2 Å². The van der Waals surface area contributed by atoms with Crippen LogP contribution < -0.4 is 38.1 Å². The summed E-state index contributed by atoms with van der Waals surface area (Å²) in [5.74, 6) is 1.46. The molecule has 20 aromatic rings. The summed E-state index contributed by atoms with van der Waals surface area (Å²) in [5.41, 5.74) is 60.0.